The van der Waals surface area contributed by atoms with Crippen molar-refractivity contribution in [2.75, 3.05) is 26.2 Å². The summed E-state index contributed by atoms with van der Waals surface area (Å²) in [6.07, 6.45) is 1.34. The van der Waals surface area contributed by atoms with Gasteiger partial charge in [0.1, 0.15) is 0 Å². The van der Waals surface area contributed by atoms with Crippen molar-refractivity contribution in [2.45, 2.75) is 25.6 Å². The summed E-state index contributed by atoms with van der Waals surface area (Å²) < 4.78 is 5.17. The number of nitrogens with zero attached hydrogens (tertiary/aromatic N) is 1. The number of rotatable bonds is 2. The molecule has 0 aromatic carbocycles. The number of epoxide rings is 1. The molecule has 2 saturated heterocycles. The van der Waals surface area contributed by atoms with Crippen LogP contribution in [0.1, 0.15) is 13.3 Å². The molecule has 3 atom stereocenters. The molecule has 0 amide bonds. The summed E-state index contributed by atoms with van der Waals surface area (Å²) in [7, 11) is 0. The Morgan fingerprint density at radius 3 is 2.92 bits per heavy atom. The zero-order valence-electron chi connectivity index (χ0n) is 7.57. The number of aliphatic hydroxyl groups is 1. The Kier molecular flexibility index (Phi) is 2.35. The van der Waals surface area contributed by atoms with Crippen LogP contribution in [0, 0.1) is 5.92 Å². The lowest BCUT2D eigenvalue weighted by Gasteiger charge is -2.33. The molecular formula is C9H17NO2. The van der Waals surface area contributed by atoms with Gasteiger partial charge >= 0.3 is 0 Å². The van der Waals surface area contributed by atoms with E-state index in [1.165, 1.54) is 0 Å². The Labute approximate surface area is 73.3 Å². The van der Waals surface area contributed by atoms with E-state index in [0.717, 1.165) is 32.7 Å². The van der Waals surface area contributed by atoms with Gasteiger partial charge in [-0.05, 0) is 12.3 Å². The van der Waals surface area contributed by atoms with Gasteiger partial charge in [0.2, 0.25) is 0 Å². The highest BCUT2D eigenvalue weighted by molar-refractivity contribution is 4.81. The minimum atomic E-state index is -0.0821. The predicted molar refractivity (Wildman–Crippen MR) is 46.0 cm³/mol. The van der Waals surface area contributed by atoms with Crippen LogP contribution in [0.25, 0.3) is 0 Å². The van der Waals surface area contributed by atoms with E-state index < -0.39 is 0 Å². The third-order valence-corrected chi connectivity index (χ3v) is 2.81. The molecular weight excluding hydrogens is 154 g/mol. The van der Waals surface area contributed by atoms with Crippen molar-refractivity contribution in [3.8, 4) is 0 Å². The molecule has 0 aliphatic carbocycles. The molecule has 1 N–H and O–H groups in total. The molecule has 2 fully saturated rings. The van der Waals surface area contributed by atoms with Crippen LogP contribution in [-0.4, -0.2) is 48.5 Å². The fraction of sp³-hybridized carbons (Fsp3) is 1.00. The molecule has 0 radical (unpaired) electrons. The quantitative estimate of drug-likeness (QED) is 0.598. The molecule has 70 valence electrons. The molecule has 0 bridgehead atoms. The Morgan fingerprint density at radius 2 is 2.33 bits per heavy atom. The van der Waals surface area contributed by atoms with Crippen LogP contribution in [0.2, 0.25) is 0 Å². The highest BCUT2D eigenvalue weighted by Gasteiger charge is 2.30. The monoisotopic (exact) mass is 171 g/mol. The lowest BCUT2D eigenvalue weighted by molar-refractivity contribution is 0.0326. The normalized spacial score (nSPS) is 43.0. The van der Waals surface area contributed by atoms with Crippen LogP contribution in [0.3, 0.4) is 0 Å². The first-order valence-electron chi connectivity index (χ1n) is 4.77. The number of likely N-dealkylation sites (tertiary alicyclic amines) is 1. The van der Waals surface area contributed by atoms with Crippen LogP contribution < -0.4 is 0 Å². The maximum absolute atomic E-state index is 9.49. The first-order valence-corrected chi connectivity index (χ1v) is 4.77. The summed E-state index contributed by atoms with van der Waals surface area (Å²) in [5.74, 6) is 0.428. The standard InChI is InChI=1S/C9H17NO2/c1-7-4-10(3-2-9(7)11)5-8-6-12-8/h7-9,11H,2-6H2,1H3. The maximum Gasteiger partial charge on any atom is 0.0936 e. The first kappa shape index (κ1) is 8.48. The van der Waals surface area contributed by atoms with Crippen LogP contribution >= 0.6 is 0 Å². The smallest absolute Gasteiger partial charge is 0.0936 e. The average molecular weight is 171 g/mol. The van der Waals surface area contributed by atoms with Gasteiger partial charge in [-0.25, -0.2) is 0 Å². The van der Waals surface area contributed by atoms with Crippen molar-refractivity contribution in [3.05, 3.63) is 0 Å². The predicted octanol–water partition coefficient (Wildman–Crippen LogP) is 0.0879. The fourth-order valence-electron chi connectivity index (χ4n) is 1.85. The van der Waals surface area contributed by atoms with Crippen molar-refractivity contribution in [3.63, 3.8) is 0 Å². The molecule has 0 aromatic heterocycles. The van der Waals surface area contributed by atoms with Gasteiger partial charge in [0.05, 0.1) is 18.8 Å². The molecule has 2 aliphatic heterocycles. The van der Waals surface area contributed by atoms with Crippen molar-refractivity contribution >= 4 is 0 Å². The second kappa shape index (κ2) is 3.32. The van der Waals surface area contributed by atoms with Gasteiger partial charge < -0.3 is 14.7 Å². The molecule has 3 heteroatoms. The summed E-state index contributed by atoms with van der Waals surface area (Å²) >= 11 is 0. The van der Waals surface area contributed by atoms with Gasteiger partial charge in [-0.2, -0.15) is 0 Å². The Hall–Kier alpha value is -0.120. The topological polar surface area (TPSA) is 36.0 Å². The highest BCUT2D eigenvalue weighted by atomic mass is 16.6. The van der Waals surface area contributed by atoms with Gasteiger partial charge in [-0.15, -0.1) is 0 Å². The van der Waals surface area contributed by atoms with E-state index in [0.29, 0.717) is 12.0 Å². The molecule has 0 saturated carbocycles. The van der Waals surface area contributed by atoms with Crippen molar-refractivity contribution < 1.29 is 9.84 Å². The van der Waals surface area contributed by atoms with Gasteiger partial charge in [-0.1, -0.05) is 6.92 Å². The van der Waals surface area contributed by atoms with Crippen LogP contribution in [0.5, 0.6) is 0 Å². The summed E-state index contributed by atoms with van der Waals surface area (Å²) in [5.41, 5.74) is 0. The molecule has 12 heavy (non-hydrogen) atoms. The Bertz CT molecular complexity index is 159. The number of aliphatic hydroxyl groups excluding tert-OH is 1. The molecule has 0 spiro atoms. The second-order valence-corrected chi connectivity index (χ2v) is 4.05. The van der Waals surface area contributed by atoms with Crippen molar-refractivity contribution in [1.29, 1.82) is 0 Å². The third kappa shape index (κ3) is 1.97. The van der Waals surface area contributed by atoms with Crippen LogP contribution in [0.15, 0.2) is 0 Å². The van der Waals surface area contributed by atoms with E-state index in [1.54, 1.807) is 0 Å². The van der Waals surface area contributed by atoms with Gasteiger partial charge in [0.25, 0.3) is 0 Å². The number of hydrogen-bond acceptors (Lipinski definition) is 3. The van der Waals surface area contributed by atoms with E-state index in [-0.39, 0.29) is 6.10 Å². The lowest BCUT2D eigenvalue weighted by atomic mass is 9.97. The number of ether oxygens (including phenoxy) is 1. The zero-order chi connectivity index (χ0) is 8.55. The summed E-state index contributed by atoms with van der Waals surface area (Å²) in [5, 5.41) is 9.49. The SMILES string of the molecule is CC1CN(CC2CO2)CCC1O. The first-order chi connectivity index (χ1) is 5.75. The molecule has 3 unspecified atom stereocenters. The Morgan fingerprint density at radius 1 is 1.58 bits per heavy atom. The largest absolute Gasteiger partial charge is 0.393 e. The van der Waals surface area contributed by atoms with Crippen LogP contribution in [0.4, 0.5) is 0 Å². The minimum absolute atomic E-state index is 0.0821. The van der Waals surface area contributed by atoms with Crippen molar-refractivity contribution in [1.82, 2.24) is 4.90 Å². The van der Waals surface area contributed by atoms with Gasteiger partial charge in [-0.3, -0.25) is 0 Å². The molecule has 3 nitrogen and oxygen atoms in total. The fourth-order valence-corrected chi connectivity index (χ4v) is 1.85. The summed E-state index contributed by atoms with van der Waals surface area (Å²) in [6.45, 7) is 6.18. The molecule has 0 aromatic rings. The van der Waals surface area contributed by atoms with E-state index in [2.05, 4.69) is 11.8 Å². The average Bonchev–Trinajstić information content (AvgIpc) is 2.81. The highest BCUT2D eigenvalue weighted by Crippen LogP contribution is 2.19. The molecule has 2 aliphatic rings. The second-order valence-electron chi connectivity index (χ2n) is 4.05. The van der Waals surface area contributed by atoms with Crippen molar-refractivity contribution in [2.24, 2.45) is 5.92 Å². The van der Waals surface area contributed by atoms with Crippen LogP contribution in [-0.2, 0) is 4.74 Å². The van der Waals surface area contributed by atoms with Gasteiger partial charge in [0, 0.05) is 19.6 Å². The lowest BCUT2D eigenvalue weighted by Crippen LogP contribution is -2.43. The van der Waals surface area contributed by atoms with Gasteiger partial charge in [0.15, 0.2) is 0 Å². The minimum Gasteiger partial charge on any atom is -0.393 e. The summed E-state index contributed by atoms with van der Waals surface area (Å²) in [4.78, 5) is 2.40. The number of piperidine rings is 1. The number of hydrogen-bond donors (Lipinski definition) is 1. The zero-order valence-corrected chi connectivity index (χ0v) is 7.57. The van der Waals surface area contributed by atoms with E-state index in [1.807, 2.05) is 0 Å². The maximum atomic E-state index is 9.49. The van der Waals surface area contributed by atoms with E-state index in [9.17, 15) is 5.11 Å². The Balaban J connectivity index is 1.76. The molecule has 2 rings (SSSR count). The third-order valence-electron chi connectivity index (χ3n) is 2.81. The van der Waals surface area contributed by atoms with E-state index in [4.69, 9.17) is 4.74 Å². The molecule has 2 heterocycles. The summed E-state index contributed by atoms with van der Waals surface area (Å²) in [6, 6.07) is 0. The van der Waals surface area contributed by atoms with E-state index >= 15 is 0 Å².